The van der Waals surface area contributed by atoms with Crippen molar-refractivity contribution in [3.8, 4) is 17.0 Å². The summed E-state index contributed by atoms with van der Waals surface area (Å²) in [6, 6.07) is 5.97. The molecule has 4 heteroatoms. The lowest BCUT2D eigenvalue weighted by Gasteiger charge is -2.20. The second-order valence-electron chi connectivity index (χ2n) is 6.34. The van der Waals surface area contributed by atoms with E-state index >= 15 is 0 Å². The van der Waals surface area contributed by atoms with Crippen LogP contribution in [-0.4, -0.2) is 17.1 Å². The second kappa shape index (κ2) is 5.35. The third kappa shape index (κ3) is 2.99. The van der Waals surface area contributed by atoms with E-state index < -0.39 is 0 Å². The highest BCUT2D eigenvalue weighted by atomic mass is 16.5. The SMILES string of the molecule is COc1ccc(-c2nc(C(C)(C)C)nc(N)c2C)c(C)c1. The van der Waals surface area contributed by atoms with Gasteiger partial charge < -0.3 is 10.5 Å². The molecule has 1 aromatic carbocycles. The number of nitrogens with two attached hydrogens (primary N) is 1. The van der Waals surface area contributed by atoms with Gasteiger partial charge in [0.2, 0.25) is 0 Å². The first-order valence-corrected chi connectivity index (χ1v) is 7.03. The molecule has 0 unspecified atom stereocenters. The number of anilines is 1. The maximum Gasteiger partial charge on any atom is 0.136 e. The molecule has 0 saturated heterocycles. The van der Waals surface area contributed by atoms with Crippen LogP contribution in [0.5, 0.6) is 5.75 Å². The first-order chi connectivity index (χ1) is 9.74. The number of benzene rings is 1. The zero-order chi connectivity index (χ0) is 15.8. The molecule has 4 nitrogen and oxygen atoms in total. The summed E-state index contributed by atoms with van der Waals surface area (Å²) < 4.78 is 5.26. The van der Waals surface area contributed by atoms with Gasteiger partial charge in [-0.1, -0.05) is 20.8 Å². The largest absolute Gasteiger partial charge is 0.497 e. The van der Waals surface area contributed by atoms with E-state index in [4.69, 9.17) is 15.5 Å². The standard InChI is InChI=1S/C17H23N3O/c1-10-9-12(21-6)7-8-13(10)14-11(2)15(18)20-16(19-14)17(3,4)5/h7-9H,1-6H3,(H2,18,19,20). The summed E-state index contributed by atoms with van der Waals surface area (Å²) >= 11 is 0. The third-order valence-corrected chi connectivity index (χ3v) is 3.54. The number of methoxy groups -OCH3 is 1. The van der Waals surface area contributed by atoms with Gasteiger partial charge in [-0.15, -0.1) is 0 Å². The number of hydrogen-bond acceptors (Lipinski definition) is 4. The van der Waals surface area contributed by atoms with E-state index in [-0.39, 0.29) is 5.41 Å². The van der Waals surface area contributed by atoms with E-state index in [1.165, 1.54) is 0 Å². The summed E-state index contributed by atoms with van der Waals surface area (Å²) in [4.78, 5) is 9.19. The van der Waals surface area contributed by atoms with Gasteiger partial charge in [-0.05, 0) is 37.6 Å². The monoisotopic (exact) mass is 285 g/mol. The fourth-order valence-corrected chi connectivity index (χ4v) is 2.16. The van der Waals surface area contributed by atoms with Gasteiger partial charge in [-0.3, -0.25) is 0 Å². The van der Waals surface area contributed by atoms with Gasteiger partial charge in [-0.2, -0.15) is 0 Å². The van der Waals surface area contributed by atoms with E-state index in [0.29, 0.717) is 5.82 Å². The molecule has 2 N–H and O–H groups in total. The fourth-order valence-electron chi connectivity index (χ4n) is 2.16. The van der Waals surface area contributed by atoms with Crippen molar-refractivity contribution in [2.45, 2.75) is 40.0 Å². The van der Waals surface area contributed by atoms with E-state index in [1.54, 1.807) is 7.11 Å². The van der Waals surface area contributed by atoms with Gasteiger partial charge in [0.05, 0.1) is 12.8 Å². The number of rotatable bonds is 2. The molecule has 0 saturated carbocycles. The zero-order valence-electron chi connectivity index (χ0n) is 13.6. The summed E-state index contributed by atoms with van der Waals surface area (Å²) in [7, 11) is 1.67. The van der Waals surface area contributed by atoms with Gasteiger partial charge >= 0.3 is 0 Å². The highest BCUT2D eigenvalue weighted by molar-refractivity contribution is 5.71. The molecule has 112 valence electrons. The molecule has 2 rings (SSSR count). The lowest BCUT2D eigenvalue weighted by Crippen LogP contribution is -2.18. The third-order valence-electron chi connectivity index (χ3n) is 3.54. The van der Waals surface area contributed by atoms with Crippen molar-refractivity contribution in [3.63, 3.8) is 0 Å². The Kier molecular flexibility index (Phi) is 3.90. The lowest BCUT2D eigenvalue weighted by molar-refractivity contribution is 0.414. The molecule has 0 radical (unpaired) electrons. The van der Waals surface area contributed by atoms with Crippen LogP contribution in [0.25, 0.3) is 11.3 Å². The van der Waals surface area contributed by atoms with Crippen LogP contribution < -0.4 is 10.5 Å². The molecule has 2 aromatic rings. The number of nitrogens with zero attached hydrogens (tertiary/aromatic N) is 2. The zero-order valence-corrected chi connectivity index (χ0v) is 13.6. The fraction of sp³-hybridized carbons (Fsp3) is 0.412. The molecule has 0 amide bonds. The highest BCUT2D eigenvalue weighted by Crippen LogP contribution is 2.31. The predicted octanol–water partition coefficient (Wildman–Crippen LogP) is 3.65. The summed E-state index contributed by atoms with van der Waals surface area (Å²) in [6.45, 7) is 10.3. The minimum Gasteiger partial charge on any atom is -0.497 e. The minimum atomic E-state index is -0.142. The van der Waals surface area contributed by atoms with Crippen molar-refractivity contribution in [2.24, 2.45) is 0 Å². The Bertz CT molecular complexity index is 672. The summed E-state index contributed by atoms with van der Waals surface area (Å²) in [5.74, 6) is 2.14. The van der Waals surface area contributed by atoms with Crippen molar-refractivity contribution >= 4 is 5.82 Å². The van der Waals surface area contributed by atoms with Crippen LogP contribution in [0, 0.1) is 13.8 Å². The number of aromatic nitrogens is 2. The van der Waals surface area contributed by atoms with Crippen LogP contribution in [0.15, 0.2) is 18.2 Å². The highest BCUT2D eigenvalue weighted by Gasteiger charge is 2.21. The summed E-state index contributed by atoms with van der Waals surface area (Å²) in [5, 5.41) is 0. The quantitative estimate of drug-likeness (QED) is 0.915. The molecule has 0 aliphatic heterocycles. The van der Waals surface area contributed by atoms with E-state index in [0.717, 1.165) is 34.0 Å². The van der Waals surface area contributed by atoms with Gasteiger partial charge in [0.1, 0.15) is 17.4 Å². The molecule has 1 heterocycles. The molecule has 0 bridgehead atoms. The van der Waals surface area contributed by atoms with Gasteiger partial charge in [0.25, 0.3) is 0 Å². The van der Waals surface area contributed by atoms with Crippen molar-refractivity contribution in [3.05, 3.63) is 35.2 Å². The van der Waals surface area contributed by atoms with Crippen LogP contribution in [0.1, 0.15) is 37.7 Å². The summed E-state index contributed by atoms with van der Waals surface area (Å²) in [5.41, 5.74) is 9.92. The van der Waals surface area contributed by atoms with Gasteiger partial charge in [-0.25, -0.2) is 9.97 Å². The average Bonchev–Trinajstić information content (AvgIpc) is 2.40. The molecular formula is C17H23N3O. The van der Waals surface area contributed by atoms with Crippen molar-refractivity contribution in [1.82, 2.24) is 9.97 Å². The Morgan fingerprint density at radius 1 is 1.10 bits per heavy atom. The predicted molar refractivity (Wildman–Crippen MR) is 86.6 cm³/mol. The van der Waals surface area contributed by atoms with Crippen LogP contribution in [-0.2, 0) is 5.41 Å². The maximum absolute atomic E-state index is 6.09. The molecular weight excluding hydrogens is 262 g/mol. The lowest BCUT2D eigenvalue weighted by atomic mass is 9.94. The molecule has 0 spiro atoms. The number of nitrogen functional groups attached to an aromatic ring is 1. The van der Waals surface area contributed by atoms with Gasteiger partial charge in [0.15, 0.2) is 0 Å². The second-order valence-corrected chi connectivity index (χ2v) is 6.34. The van der Waals surface area contributed by atoms with Gasteiger partial charge in [0, 0.05) is 16.5 Å². The van der Waals surface area contributed by atoms with Crippen LogP contribution >= 0.6 is 0 Å². The van der Waals surface area contributed by atoms with Crippen LogP contribution in [0.2, 0.25) is 0 Å². The Balaban J connectivity index is 2.66. The molecule has 1 aromatic heterocycles. The Morgan fingerprint density at radius 2 is 1.76 bits per heavy atom. The minimum absolute atomic E-state index is 0.142. The van der Waals surface area contributed by atoms with E-state index in [9.17, 15) is 0 Å². The number of ether oxygens (including phenoxy) is 1. The molecule has 0 fully saturated rings. The molecule has 0 atom stereocenters. The van der Waals surface area contributed by atoms with Crippen molar-refractivity contribution in [2.75, 3.05) is 12.8 Å². The molecule has 0 aliphatic carbocycles. The van der Waals surface area contributed by atoms with Crippen LogP contribution in [0.4, 0.5) is 5.82 Å². The normalized spacial score (nSPS) is 11.5. The van der Waals surface area contributed by atoms with Crippen LogP contribution in [0.3, 0.4) is 0 Å². The topological polar surface area (TPSA) is 61.0 Å². The van der Waals surface area contributed by atoms with Crippen molar-refractivity contribution < 1.29 is 4.74 Å². The summed E-state index contributed by atoms with van der Waals surface area (Å²) in [6.07, 6.45) is 0. The average molecular weight is 285 g/mol. The molecule has 0 aliphatic rings. The van der Waals surface area contributed by atoms with Crippen molar-refractivity contribution in [1.29, 1.82) is 0 Å². The first kappa shape index (κ1) is 15.3. The maximum atomic E-state index is 6.09. The Morgan fingerprint density at radius 3 is 2.29 bits per heavy atom. The number of hydrogen-bond donors (Lipinski definition) is 1. The Labute approximate surface area is 126 Å². The Hall–Kier alpha value is -2.10. The molecule has 21 heavy (non-hydrogen) atoms. The van der Waals surface area contributed by atoms with E-state index in [2.05, 4.69) is 25.8 Å². The smallest absolute Gasteiger partial charge is 0.136 e. The van der Waals surface area contributed by atoms with E-state index in [1.807, 2.05) is 32.0 Å². The number of aryl methyl sites for hydroxylation is 1. The first-order valence-electron chi connectivity index (χ1n) is 7.03.